The molecule has 4 aromatic heterocycles. The molecule has 56 heavy (non-hydrogen) atoms. The van der Waals surface area contributed by atoms with Gasteiger partial charge in [0.2, 0.25) is 5.71 Å². The highest BCUT2D eigenvalue weighted by Gasteiger charge is 2.22. The molecule has 0 aliphatic heterocycles. The van der Waals surface area contributed by atoms with Crippen LogP contribution in [0.25, 0.3) is 109 Å². The maximum absolute atomic E-state index is 6.66. The number of furan rings is 1. The highest BCUT2D eigenvalue weighted by Crippen LogP contribution is 2.45. The van der Waals surface area contributed by atoms with Crippen molar-refractivity contribution >= 4 is 75.5 Å². The summed E-state index contributed by atoms with van der Waals surface area (Å²) in [4.78, 5) is 1.27. The van der Waals surface area contributed by atoms with Crippen LogP contribution in [-0.4, -0.2) is 9.13 Å². The average molecular weight is 733 g/mol. The van der Waals surface area contributed by atoms with Gasteiger partial charge in [0.25, 0.3) is 0 Å². The number of para-hydroxylation sites is 1. The number of nitrogens with zero attached hydrogens (tertiary/aromatic N) is 2. The first-order valence-electron chi connectivity index (χ1n) is 19.0. The van der Waals surface area contributed by atoms with Gasteiger partial charge in [-0.15, -0.1) is 11.3 Å². The molecule has 0 bridgehead atoms. The van der Waals surface area contributed by atoms with Gasteiger partial charge in [-0.2, -0.15) is 0 Å². The fourth-order valence-corrected chi connectivity index (χ4v) is 9.97. The van der Waals surface area contributed by atoms with Crippen LogP contribution in [0, 0.1) is 0 Å². The van der Waals surface area contributed by atoms with Crippen LogP contribution < -0.4 is 0 Å². The van der Waals surface area contributed by atoms with Gasteiger partial charge < -0.3 is 8.98 Å². The maximum atomic E-state index is 6.66. The molecule has 4 heteroatoms. The molecule has 8 aromatic carbocycles. The molecule has 12 aromatic rings. The fraction of sp³-hybridized carbons (Fsp3) is 0. The Kier molecular flexibility index (Phi) is 6.80. The maximum Gasteiger partial charge on any atom is 0.213 e. The van der Waals surface area contributed by atoms with Crippen LogP contribution >= 0.6 is 11.3 Å². The van der Waals surface area contributed by atoms with E-state index in [0.29, 0.717) is 0 Å². The third-order valence-electron chi connectivity index (χ3n) is 11.4. The first-order chi connectivity index (χ1) is 27.8. The van der Waals surface area contributed by atoms with Crippen LogP contribution in [0.1, 0.15) is 0 Å². The second-order valence-electron chi connectivity index (χ2n) is 14.5. The summed E-state index contributed by atoms with van der Waals surface area (Å²) < 4.78 is 12.7. The van der Waals surface area contributed by atoms with Gasteiger partial charge in [-0.05, 0) is 94.0 Å². The van der Waals surface area contributed by atoms with Crippen LogP contribution in [0.15, 0.2) is 199 Å². The molecule has 262 valence electrons. The Bertz CT molecular complexity index is 3200. The van der Waals surface area contributed by atoms with Crippen LogP contribution in [0.2, 0.25) is 0 Å². The van der Waals surface area contributed by atoms with E-state index < -0.39 is 0 Å². The van der Waals surface area contributed by atoms with Crippen molar-refractivity contribution in [1.29, 1.82) is 0 Å². The van der Waals surface area contributed by atoms with Crippen molar-refractivity contribution in [3.05, 3.63) is 194 Å². The van der Waals surface area contributed by atoms with Gasteiger partial charge in [-0.1, -0.05) is 133 Å². The molecule has 0 N–H and O–H groups in total. The Morgan fingerprint density at radius 3 is 1.48 bits per heavy atom. The fourth-order valence-electron chi connectivity index (χ4n) is 8.72. The van der Waals surface area contributed by atoms with E-state index in [9.17, 15) is 0 Å². The minimum Gasteiger partial charge on any atom is -0.439 e. The molecule has 0 aliphatic carbocycles. The van der Waals surface area contributed by atoms with E-state index in [1.165, 1.54) is 70.0 Å². The predicted molar refractivity (Wildman–Crippen MR) is 237 cm³/mol. The Labute approximate surface area is 326 Å². The van der Waals surface area contributed by atoms with E-state index >= 15 is 0 Å². The quantitative estimate of drug-likeness (QED) is 0.173. The Morgan fingerprint density at radius 2 is 0.839 bits per heavy atom. The molecule has 0 atom stereocenters. The summed E-state index contributed by atoms with van der Waals surface area (Å²) in [5.74, 6) is 0. The first-order valence-corrected chi connectivity index (χ1v) is 19.8. The third-order valence-corrected chi connectivity index (χ3v) is 12.5. The van der Waals surface area contributed by atoms with Crippen LogP contribution in [0.5, 0.6) is 0 Å². The second-order valence-corrected chi connectivity index (χ2v) is 15.5. The van der Waals surface area contributed by atoms with Crippen molar-refractivity contribution in [2.75, 3.05) is 0 Å². The molecule has 0 aliphatic rings. The molecule has 3 nitrogen and oxygen atoms in total. The van der Waals surface area contributed by atoms with Gasteiger partial charge >= 0.3 is 0 Å². The zero-order chi connectivity index (χ0) is 36.7. The van der Waals surface area contributed by atoms with Gasteiger partial charge in [0.15, 0.2) is 0 Å². The Morgan fingerprint density at radius 1 is 0.357 bits per heavy atom. The van der Waals surface area contributed by atoms with Crippen LogP contribution in [0.4, 0.5) is 0 Å². The minimum absolute atomic E-state index is 0.864. The van der Waals surface area contributed by atoms with Crippen molar-refractivity contribution in [3.63, 3.8) is 0 Å². The lowest BCUT2D eigenvalue weighted by Gasteiger charge is -2.10. The summed E-state index contributed by atoms with van der Waals surface area (Å²) in [7, 11) is 0. The average Bonchev–Trinajstić information content (AvgIpc) is 4.00. The Balaban J connectivity index is 1.04. The van der Waals surface area contributed by atoms with Crippen LogP contribution in [0.3, 0.4) is 0 Å². The molecule has 0 unspecified atom stereocenters. The first kappa shape index (κ1) is 31.2. The number of rotatable bonds is 5. The van der Waals surface area contributed by atoms with Gasteiger partial charge in [-0.25, -0.2) is 0 Å². The molecular formula is C52H32N2OS. The van der Waals surface area contributed by atoms with Crippen LogP contribution in [-0.2, 0) is 0 Å². The Hall–Kier alpha value is -7.14. The molecule has 0 radical (unpaired) electrons. The summed E-state index contributed by atoms with van der Waals surface area (Å²) in [5, 5.41) is 7.31. The van der Waals surface area contributed by atoms with Crippen molar-refractivity contribution in [2.45, 2.75) is 0 Å². The number of thiophene rings is 1. The molecule has 0 amide bonds. The van der Waals surface area contributed by atoms with Gasteiger partial charge in [-0.3, -0.25) is 4.57 Å². The van der Waals surface area contributed by atoms with Crippen molar-refractivity contribution < 1.29 is 4.42 Å². The topological polar surface area (TPSA) is 23.0 Å². The smallest absolute Gasteiger partial charge is 0.213 e. The van der Waals surface area contributed by atoms with Crippen molar-refractivity contribution in [1.82, 2.24) is 9.13 Å². The summed E-state index contributed by atoms with van der Waals surface area (Å²) in [6.07, 6.45) is 0. The molecule has 0 spiro atoms. The molecule has 4 heterocycles. The summed E-state index contributed by atoms with van der Waals surface area (Å²) in [5.41, 5.74) is 13.5. The van der Waals surface area contributed by atoms with E-state index in [2.05, 4.69) is 197 Å². The lowest BCUT2D eigenvalue weighted by molar-refractivity contribution is 0.645. The van der Waals surface area contributed by atoms with E-state index in [0.717, 1.165) is 39.0 Å². The SMILES string of the molecule is c1ccc(-c2ccc(-n3c4ccc(-c5ccc6c(c5)c5c7ccccc7sc5n6-c5ccc(-c6ccccc6)cc5)cc4c4c5ccccc5oc43)cc2)cc1. The van der Waals surface area contributed by atoms with Gasteiger partial charge in [0.1, 0.15) is 10.4 Å². The number of hydrogen-bond acceptors (Lipinski definition) is 2. The standard InChI is InChI=1S/C52H32N2OS/c1-3-11-33(12-4-1)35-19-25-39(26-20-35)53-45-29-23-37(31-43(45)49-41-15-7-9-17-47(41)55-51(49)53)38-24-30-46-44(32-38)50-42-16-8-10-18-48(42)56-52(50)54(46)40-27-21-36(22-28-40)34-13-5-2-6-14-34/h1-32H. The number of benzene rings is 8. The van der Waals surface area contributed by atoms with E-state index in [1.807, 2.05) is 17.4 Å². The molecular weight excluding hydrogens is 701 g/mol. The number of hydrogen-bond donors (Lipinski definition) is 0. The lowest BCUT2D eigenvalue weighted by atomic mass is 10.00. The predicted octanol–water partition coefficient (Wildman–Crippen LogP) is 14.8. The highest BCUT2D eigenvalue weighted by molar-refractivity contribution is 7.25. The number of fused-ring (bicyclic) bond motifs is 10. The monoisotopic (exact) mass is 732 g/mol. The van der Waals surface area contributed by atoms with E-state index in [1.54, 1.807) is 0 Å². The normalized spacial score (nSPS) is 11.9. The largest absolute Gasteiger partial charge is 0.439 e. The van der Waals surface area contributed by atoms with E-state index in [-0.39, 0.29) is 0 Å². The van der Waals surface area contributed by atoms with Crippen molar-refractivity contribution in [3.8, 4) is 44.8 Å². The van der Waals surface area contributed by atoms with Crippen molar-refractivity contribution in [2.24, 2.45) is 0 Å². The minimum atomic E-state index is 0.864. The second kappa shape index (κ2) is 12.2. The summed E-state index contributed by atoms with van der Waals surface area (Å²) in [6, 6.07) is 70.0. The summed E-state index contributed by atoms with van der Waals surface area (Å²) in [6.45, 7) is 0. The van der Waals surface area contributed by atoms with Gasteiger partial charge in [0.05, 0.1) is 16.4 Å². The summed E-state index contributed by atoms with van der Waals surface area (Å²) >= 11 is 1.87. The zero-order valence-electron chi connectivity index (χ0n) is 30.2. The molecule has 0 fully saturated rings. The molecule has 0 saturated carbocycles. The molecule has 12 rings (SSSR count). The van der Waals surface area contributed by atoms with Gasteiger partial charge in [0, 0.05) is 43.0 Å². The third kappa shape index (κ3) is 4.70. The zero-order valence-corrected chi connectivity index (χ0v) is 31.0. The lowest BCUT2D eigenvalue weighted by Crippen LogP contribution is -1.93. The number of aromatic nitrogens is 2. The van der Waals surface area contributed by atoms with E-state index in [4.69, 9.17) is 4.42 Å². The highest BCUT2D eigenvalue weighted by atomic mass is 32.1. The molecule has 0 saturated heterocycles.